The first-order valence-corrected chi connectivity index (χ1v) is 10.9. The third-order valence-corrected chi connectivity index (χ3v) is 3.66. The molecule has 0 aliphatic heterocycles. The standard InChI is InChI=1S/2C8H14N4O2.C4H6O4/c2*1-3-6-10-7(9-4-5-13)12-8(11-6)14-2;5-3(6)1-2-4(7)8/h2*13H,3-5H2,1-2H3,(H,9,10,11,12);1-2H2,(H,5,6)(H,7,8). The number of aryl methyl sites for hydroxylation is 2. The summed E-state index contributed by atoms with van der Waals surface area (Å²) < 4.78 is 9.83. The van der Waals surface area contributed by atoms with Crippen molar-refractivity contribution in [3.8, 4) is 12.0 Å². The number of anilines is 2. The van der Waals surface area contributed by atoms with Gasteiger partial charge in [0.2, 0.25) is 11.9 Å². The van der Waals surface area contributed by atoms with Crippen molar-refractivity contribution >= 4 is 23.8 Å². The summed E-state index contributed by atoms with van der Waals surface area (Å²) in [6.07, 6.45) is 0.837. The molecule has 0 bridgehead atoms. The SMILES string of the molecule is CCc1nc(NCCO)nc(OC)n1.CCc1nc(NCCO)nc(OC)n1.O=C(O)CCC(=O)O. The van der Waals surface area contributed by atoms with Crippen LogP contribution < -0.4 is 20.1 Å². The molecule has 36 heavy (non-hydrogen) atoms. The summed E-state index contributed by atoms with van der Waals surface area (Å²) in [5, 5.41) is 38.7. The summed E-state index contributed by atoms with van der Waals surface area (Å²) >= 11 is 0. The number of nitrogens with one attached hydrogen (secondary N) is 2. The van der Waals surface area contributed by atoms with Gasteiger partial charge in [0.25, 0.3) is 0 Å². The number of methoxy groups -OCH3 is 2. The lowest BCUT2D eigenvalue weighted by molar-refractivity contribution is -0.143. The second kappa shape index (κ2) is 19.4. The Bertz CT molecular complexity index is 801. The number of hydrogen-bond acceptors (Lipinski definition) is 14. The Morgan fingerprint density at radius 1 is 0.694 bits per heavy atom. The first-order valence-electron chi connectivity index (χ1n) is 10.9. The molecule has 0 saturated carbocycles. The van der Waals surface area contributed by atoms with Crippen LogP contribution in [0.4, 0.5) is 11.9 Å². The molecule has 0 aromatic carbocycles. The quantitative estimate of drug-likeness (QED) is 0.200. The Hall–Kier alpha value is -3.92. The third kappa shape index (κ3) is 15.1. The molecule has 2 aromatic heterocycles. The number of ether oxygens (including phenoxy) is 2. The molecule has 2 aromatic rings. The minimum atomic E-state index is -1.08. The number of carboxylic acid groups (broad SMARTS) is 2. The molecule has 0 fully saturated rings. The van der Waals surface area contributed by atoms with Crippen molar-refractivity contribution in [2.45, 2.75) is 39.5 Å². The number of nitrogens with zero attached hydrogens (tertiary/aromatic N) is 6. The van der Waals surface area contributed by atoms with Gasteiger partial charge in [-0.15, -0.1) is 0 Å². The van der Waals surface area contributed by atoms with Gasteiger partial charge in [0.1, 0.15) is 11.6 Å². The highest BCUT2D eigenvalue weighted by Crippen LogP contribution is 2.08. The van der Waals surface area contributed by atoms with Crippen molar-refractivity contribution in [1.82, 2.24) is 29.9 Å². The van der Waals surface area contributed by atoms with Gasteiger partial charge < -0.3 is 40.5 Å². The second-order valence-electron chi connectivity index (χ2n) is 6.42. The van der Waals surface area contributed by atoms with Gasteiger partial charge in [-0.25, -0.2) is 0 Å². The number of rotatable bonds is 13. The normalized spacial score (nSPS) is 9.61. The highest BCUT2D eigenvalue weighted by Gasteiger charge is 2.05. The van der Waals surface area contributed by atoms with Crippen LogP contribution in [0.5, 0.6) is 12.0 Å². The summed E-state index contributed by atoms with van der Waals surface area (Å²) in [6, 6.07) is 0.578. The van der Waals surface area contributed by atoms with Gasteiger partial charge in [-0.2, -0.15) is 29.9 Å². The zero-order chi connectivity index (χ0) is 27.3. The van der Waals surface area contributed by atoms with Crippen molar-refractivity contribution in [3.05, 3.63) is 11.6 Å². The Labute approximate surface area is 208 Å². The van der Waals surface area contributed by atoms with Crippen molar-refractivity contribution in [3.63, 3.8) is 0 Å². The third-order valence-electron chi connectivity index (χ3n) is 3.66. The highest BCUT2D eigenvalue weighted by molar-refractivity contribution is 5.75. The number of aromatic nitrogens is 6. The maximum absolute atomic E-state index is 9.64. The van der Waals surface area contributed by atoms with E-state index in [9.17, 15) is 9.59 Å². The maximum atomic E-state index is 9.64. The minimum Gasteiger partial charge on any atom is -0.481 e. The predicted octanol–water partition coefficient (Wildman–Crippen LogP) is -0.371. The fourth-order valence-electron chi connectivity index (χ4n) is 2.00. The molecule has 0 radical (unpaired) electrons. The van der Waals surface area contributed by atoms with E-state index in [1.807, 2.05) is 13.8 Å². The van der Waals surface area contributed by atoms with Crippen molar-refractivity contribution in [2.24, 2.45) is 0 Å². The van der Waals surface area contributed by atoms with Gasteiger partial charge in [0.05, 0.1) is 40.3 Å². The van der Waals surface area contributed by atoms with Gasteiger partial charge in [0.15, 0.2) is 0 Å². The fraction of sp³-hybridized carbons (Fsp3) is 0.600. The molecular formula is C20H34N8O8. The summed E-state index contributed by atoms with van der Waals surface area (Å²) in [5.74, 6) is 0.0416. The topological polar surface area (TPSA) is 235 Å². The average molecular weight is 515 g/mol. The summed E-state index contributed by atoms with van der Waals surface area (Å²) in [5.41, 5.74) is 0. The molecule has 2 rings (SSSR count). The molecule has 0 spiro atoms. The van der Waals surface area contributed by atoms with Gasteiger partial charge in [0, 0.05) is 25.9 Å². The number of aliphatic carboxylic acids is 2. The number of hydrogen-bond donors (Lipinski definition) is 6. The molecule has 6 N–H and O–H groups in total. The Balaban J connectivity index is 0.000000533. The molecule has 2 heterocycles. The monoisotopic (exact) mass is 514 g/mol. The Kier molecular flexibility index (Phi) is 17.3. The maximum Gasteiger partial charge on any atom is 0.321 e. The van der Waals surface area contributed by atoms with E-state index >= 15 is 0 Å². The van der Waals surface area contributed by atoms with E-state index in [-0.39, 0.29) is 38.1 Å². The average Bonchev–Trinajstić information content (AvgIpc) is 2.89. The minimum absolute atomic E-state index is 0.0372. The van der Waals surface area contributed by atoms with E-state index in [1.54, 1.807) is 0 Å². The van der Waals surface area contributed by atoms with Crippen LogP contribution >= 0.6 is 0 Å². The lowest BCUT2D eigenvalue weighted by Gasteiger charge is -2.05. The molecule has 0 atom stereocenters. The van der Waals surface area contributed by atoms with Crippen LogP contribution in [0, 0.1) is 0 Å². The zero-order valence-corrected chi connectivity index (χ0v) is 20.8. The Morgan fingerprint density at radius 2 is 1.06 bits per heavy atom. The van der Waals surface area contributed by atoms with E-state index < -0.39 is 11.9 Å². The predicted molar refractivity (Wildman–Crippen MR) is 127 cm³/mol. The first-order chi connectivity index (χ1) is 17.2. The molecule has 0 aliphatic carbocycles. The van der Waals surface area contributed by atoms with E-state index in [4.69, 9.17) is 29.9 Å². The molecule has 0 amide bonds. The zero-order valence-electron chi connectivity index (χ0n) is 20.8. The summed E-state index contributed by atoms with van der Waals surface area (Å²) in [4.78, 5) is 43.5. The smallest absolute Gasteiger partial charge is 0.321 e. The van der Waals surface area contributed by atoms with Crippen molar-refractivity contribution in [1.29, 1.82) is 0 Å². The fourth-order valence-corrected chi connectivity index (χ4v) is 2.00. The van der Waals surface area contributed by atoms with Crippen LogP contribution in [0.3, 0.4) is 0 Å². The number of aliphatic hydroxyl groups is 2. The molecule has 16 nitrogen and oxygen atoms in total. The number of carboxylic acids is 2. The molecule has 0 saturated heterocycles. The van der Waals surface area contributed by atoms with Crippen LogP contribution in [-0.4, -0.2) is 103 Å². The second-order valence-corrected chi connectivity index (χ2v) is 6.42. The number of carbonyl (C=O) groups is 2. The number of aliphatic hydroxyl groups excluding tert-OH is 2. The molecular weight excluding hydrogens is 480 g/mol. The molecule has 202 valence electrons. The first kappa shape index (κ1) is 32.1. The molecule has 0 unspecified atom stereocenters. The van der Waals surface area contributed by atoms with E-state index in [0.29, 0.717) is 49.5 Å². The molecule has 0 aliphatic rings. The van der Waals surface area contributed by atoms with Crippen LogP contribution in [0.15, 0.2) is 0 Å². The van der Waals surface area contributed by atoms with Crippen LogP contribution in [0.25, 0.3) is 0 Å². The van der Waals surface area contributed by atoms with Crippen LogP contribution in [-0.2, 0) is 22.4 Å². The van der Waals surface area contributed by atoms with Gasteiger partial charge in [-0.1, -0.05) is 13.8 Å². The van der Waals surface area contributed by atoms with Gasteiger partial charge >= 0.3 is 24.0 Å². The lowest BCUT2D eigenvalue weighted by Crippen LogP contribution is -2.11. The van der Waals surface area contributed by atoms with Gasteiger partial charge in [-0.05, 0) is 0 Å². The van der Waals surface area contributed by atoms with E-state index in [2.05, 4.69) is 40.5 Å². The van der Waals surface area contributed by atoms with Crippen molar-refractivity contribution < 1.29 is 39.5 Å². The van der Waals surface area contributed by atoms with Crippen LogP contribution in [0.1, 0.15) is 38.3 Å². The molecule has 16 heteroatoms. The van der Waals surface area contributed by atoms with E-state index in [1.165, 1.54) is 14.2 Å². The van der Waals surface area contributed by atoms with Crippen LogP contribution in [0.2, 0.25) is 0 Å². The summed E-state index contributed by atoms with van der Waals surface area (Å²) in [7, 11) is 3.01. The van der Waals surface area contributed by atoms with E-state index in [0.717, 1.165) is 0 Å². The largest absolute Gasteiger partial charge is 0.481 e. The Morgan fingerprint density at radius 3 is 1.31 bits per heavy atom. The summed E-state index contributed by atoms with van der Waals surface area (Å²) in [6.45, 7) is 4.80. The van der Waals surface area contributed by atoms with Gasteiger partial charge in [-0.3, -0.25) is 9.59 Å². The lowest BCUT2D eigenvalue weighted by atomic mass is 10.3. The van der Waals surface area contributed by atoms with Crippen molar-refractivity contribution in [2.75, 3.05) is 51.2 Å². The highest BCUT2D eigenvalue weighted by atomic mass is 16.5.